The zero-order valence-corrected chi connectivity index (χ0v) is 11.2. The van der Waals surface area contributed by atoms with Gasteiger partial charge in [0, 0.05) is 18.6 Å². The second kappa shape index (κ2) is 5.50. The Labute approximate surface area is 101 Å². The van der Waals surface area contributed by atoms with Crippen LogP contribution in [-0.4, -0.2) is 36.6 Å². The topological polar surface area (TPSA) is 15.3 Å². The van der Waals surface area contributed by atoms with Gasteiger partial charge in [-0.25, -0.2) is 0 Å². The van der Waals surface area contributed by atoms with E-state index in [9.17, 15) is 0 Å². The van der Waals surface area contributed by atoms with Crippen molar-refractivity contribution in [3.8, 4) is 0 Å². The van der Waals surface area contributed by atoms with Gasteiger partial charge in [0.1, 0.15) is 0 Å². The first-order chi connectivity index (χ1) is 7.65. The third-order valence-corrected chi connectivity index (χ3v) is 4.33. The van der Waals surface area contributed by atoms with Crippen LogP contribution >= 0.6 is 0 Å². The molecule has 94 valence electrons. The predicted molar refractivity (Wildman–Crippen MR) is 69.6 cm³/mol. The molecule has 3 saturated heterocycles. The molecule has 16 heavy (non-hydrogen) atoms. The molecule has 3 rings (SSSR count). The van der Waals surface area contributed by atoms with Gasteiger partial charge < -0.3 is 10.2 Å². The van der Waals surface area contributed by atoms with E-state index in [1.54, 1.807) is 0 Å². The van der Waals surface area contributed by atoms with Crippen LogP contribution in [0.4, 0.5) is 0 Å². The summed E-state index contributed by atoms with van der Waals surface area (Å²) < 4.78 is 0. The molecule has 2 unspecified atom stereocenters. The number of rotatable bonds is 5. The minimum absolute atomic E-state index is 0.702. The lowest BCUT2D eigenvalue weighted by Gasteiger charge is -2.46. The zero-order valence-electron chi connectivity index (χ0n) is 11.2. The van der Waals surface area contributed by atoms with Crippen molar-refractivity contribution in [1.29, 1.82) is 0 Å². The molecule has 1 N–H and O–H groups in total. The first kappa shape index (κ1) is 12.4. The molecule has 3 fully saturated rings. The first-order valence-electron chi connectivity index (χ1n) is 7.13. The summed E-state index contributed by atoms with van der Waals surface area (Å²) in [5.74, 6) is 1.81. The Balaban J connectivity index is 1.72. The van der Waals surface area contributed by atoms with Gasteiger partial charge in [-0.1, -0.05) is 13.8 Å². The quantitative estimate of drug-likeness (QED) is 0.772. The molecule has 0 aromatic rings. The van der Waals surface area contributed by atoms with E-state index < -0.39 is 0 Å². The lowest BCUT2D eigenvalue weighted by molar-refractivity contribution is 0.0672. The largest absolute Gasteiger partial charge is 0.310 e. The maximum Gasteiger partial charge on any atom is 0.0226 e. The maximum atomic E-state index is 3.86. The van der Waals surface area contributed by atoms with E-state index in [1.165, 1.54) is 45.3 Å². The average molecular weight is 224 g/mol. The minimum Gasteiger partial charge on any atom is -0.310 e. The molecular weight excluding hydrogens is 196 g/mol. The molecule has 3 heterocycles. The Hall–Kier alpha value is -0.0800. The van der Waals surface area contributed by atoms with E-state index in [0.717, 1.165) is 17.9 Å². The van der Waals surface area contributed by atoms with Crippen LogP contribution < -0.4 is 5.32 Å². The lowest BCUT2D eigenvalue weighted by atomic mass is 9.83. The van der Waals surface area contributed by atoms with E-state index in [1.807, 2.05) is 0 Å². The van der Waals surface area contributed by atoms with Crippen LogP contribution in [0.5, 0.6) is 0 Å². The van der Waals surface area contributed by atoms with Crippen LogP contribution in [0, 0.1) is 11.8 Å². The summed E-state index contributed by atoms with van der Waals surface area (Å²) in [6.45, 7) is 11.0. The molecule has 0 radical (unpaired) electrons. The number of nitrogens with one attached hydrogen (secondary N) is 1. The molecular formula is C14H28N2. The van der Waals surface area contributed by atoms with Crippen molar-refractivity contribution < 1.29 is 0 Å². The number of hydrogen-bond acceptors (Lipinski definition) is 2. The highest BCUT2D eigenvalue weighted by atomic mass is 15.2. The third kappa shape index (κ3) is 3.21. The van der Waals surface area contributed by atoms with Crippen molar-refractivity contribution >= 4 is 0 Å². The van der Waals surface area contributed by atoms with Crippen LogP contribution in [0.15, 0.2) is 0 Å². The highest BCUT2D eigenvalue weighted by molar-refractivity contribution is 4.91. The molecule has 0 spiro atoms. The Bertz CT molecular complexity index is 207. The van der Waals surface area contributed by atoms with Crippen LogP contribution in [0.1, 0.15) is 46.5 Å². The molecule has 2 atom stereocenters. The van der Waals surface area contributed by atoms with Gasteiger partial charge in [-0.05, 0) is 57.5 Å². The van der Waals surface area contributed by atoms with Gasteiger partial charge in [0.25, 0.3) is 0 Å². The third-order valence-electron chi connectivity index (χ3n) is 4.33. The number of hydrogen-bond donors (Lipinski definition) is 1. The molecule has 0 aromatic carbocycles. The molecule has 2 bridgehead atoms. The van der Waals surface area contributed by atoms with Crippen molar-refractivity contribution in [2.75, 3.05) is 19.6 Å². The van der Waals surface area contributed by atoms with Crippen molar-refractivity contribution in [3.05, 3.63) is 0 Å². The molecule has 2 nitrogen and oxygen atoms in total. The molecule has 3 aliphatic rings. The second-order valence-electron chi connectivity index (χ2n) is 6.28. The Morgan fingerprint density at radius 2 is 1.81 bits per heavy atom. The van der Waals surface area contributed by atoms with Gasteiger partial charge in [-0.2, -0.15) is 0 Å². The van der Waals surface area contributed by atoms with Gasteiger partial charge in [0.2, 0.25) is 0 Å². The summed E-state index contributed by atoms with van der Waals surface area (Å²) in [5.41, 5.74) is 0. The number of piperidine rings is 3. The van der Waals surface area contributed by atoms with Gasteiger partial charge >= 0.3 is 0 Å². The zero-order chi connectivity index (χ0) is 11.5. The van der Waals surface area contributed by atoms with E-state index in [-0.39, 0.29) is 0 Å². The van der Waals surface area contributed by atoms with Crippen molar-refractivity contribution in [2.45, 2.75) is 58.5 Å². The summed E-state index contributed by atoms with van der Waals surface area (Å²) >= 11 is 0. The van der Waals surface area contributed by atoms with Crippen molar-refractivity contribution in [2.24, 2.45) is 11.8 Å². The Morgan fingerprint density at radius 3 is 2.31 bits per heavy atom. The molecule has 0 aliphatic carbocycles. The number of fused-ring (bicyclic) bond motifs is 3. The molecule has 0 aromatic heterocycles. The minimum atomic E-state index is 0.702. The second-order valence-corrected chi connectivity index (χ2v) is 6.28. The predicted octanol–water partition coefficient (Wildman–Crippen LogP) is 2.49. The standard InChI is InChI=1S/C14H28N2/c1-11(2)4-5-12(3)15-14-10-16-8-6-13(14)7-9-16/h11-15H,4-10H2,1-3H3. The number of nitrogens with zero attached hydrogens (tertiary/aromatic N) is 1. The molecule has 2 heteroatoms. The van der Waals surface area contributed by atoms with Gasteiger partial charge in [0.05, 0.1) is 0 Å². The van der Waals surface area contributed by atoms with E-state index >= 15 is 0 Å². The van der Waals surface area contributed by atoms with Crippen LogP contribution in [-0.2, 0) is 0 Å². The molecule has 0 amide bonds. The smallest absolute Gasteiger partial charge is 0.0226 e. The monoisotopic (exact) mass is 224 g/mol. The normalized spacial score (nSPS) is 35.6. The summed E-state index contributed by atoms with van der Waals surface area (Å²) in [6, 6.07) is 1.48. The fourth-order valence-electron chi connectivity index (χ4n) is 3.19. The summed E-state index contributed by atoms with van der Waals surface area (Å²) in [4.78, 5) is 2.63. The Kier molecular flexibility index (Phi) is 4.26. The summed E-state index contributed by atoms with van der Waals surface area (Å²) in [7, 11) is 0. The highest BCUT2D eigenvalue weighted by Gasteiger charge is 2.34. The molecule has 3 aliphatic heterocycles. The van der Waals surface area contributed by atoms with Crippen LogP contribution in [0.25, 0.3) is 0 Å². The van der Waals surface area contributed by atoms with E-state index in [0.29, 0.717) is 6.04 Å². The summed E-state index contributed by atoms with van der Waals surface area (Å²) in [5, 5.41) is 3.86. The van der Waals surface area contributed by atoms with E-state index in [4.69, 9.17) is 0 Å². The van der Waals surface area contributed by atoms with Crippen LogP contribution in [0.3, 0.4) is 0 Å². The molecule has 0 saturated carbocycles. The SMILES string of the molecule is CC(C)CCC(C)NC1CN2CCC1CC2. The van der Waals surface area contributed by atoms with Gasteiger partial charge in [-0.3, -0.25) is 0 Å². The highest BCUT2D eigenvalue weighted by Crippen LogP contribution is 2.27. The van der Waals surface area contributed by atoms with E-state index in [2.05, 4.69) is 31.0 Å². The van der Waals surface area contributed by atoms with Crippen LogP contribution in [0.2, 0.25) is 0 Å². The van der Waals surface area contributed by atoms with Gasteiger partial charge in [-0.15, -0.1) is 0 Å². The average Bonchev–Trinajstić information content (AvgIpc) is 2.28. The lowest BCUT2D eigenvalue weighted by Crippen LogP contribution is -2.57. The van der Waals surface area contributed by atoms with Crippen molar-refractivity contribution in [3.63, 3.8) is 0 Å². The fraction of sp³-hybridized carbons (Fsp3) is 1.00. The first-order valence-corrected chi connectivity index (χ1v) is 7.13. The fourth-order valence-corrected chi connectivity index (χ4v) is 3.19. The van der Waals surface area contributed by atoms with Gasteiger partial charge in [0.15, 0.2) is 0 Å². The van der Waals surface area contributed by atoms with Crippen molar-refractivity contribution in [1.82, 2.24) is 10.2 Å². The Morgan fingerprint density at radius 1 is 1.12 bits per heavy atom. The maximum absolute atomic E-state index is 3.86. The summed E-state index contributed by atoms with van der Waals surface area (Å²) in [6.07, 6.45) is 5.54.